The maximum absolute atomic E-state index is 11.1. The number of carbonyl (C=O) groups excluding carboxylic acids is 1. The van der Waals surface area contributed by atoms with Gasteiger partial charge in [0.15, 0.2) is 5.78 Å². The van der Waals surface area contributed by atoms with Crippen LogP contribution in [0.2, 0.25) is 0 Å². The quantitative estimate of drug-likeness (QED) is 0.661. The van der Waals surface area contributed by atoms with Crippen molar-refractivity contribution >= 4 is 5.78 Å². The third-order valence-electron chi connectivity index (χ3n) is 1.40. The minimum absolute atomic E-state index is 0.00741. The second-order valence-corrected chi connectivity index (χ2v) is 2.96. The molecule has 1 aromatic rings. The normalized spacial score (nSPS) is 10.2. The Labute approximate surface area is 77.0 Å². The average molecular weight is 180 g/mol. The van der Waals surface area contributed by atoms with Gasteiger partial charge in [0.05, 0.1) is 11.7 Å². The van der Waals surface area contributed by atoms with Crippen LogP contribution < -0.4 is 4.74 Å². The van der Waals surface area contributed by atoms with E-state index in [1.54, 1.807) is 0 Å². The van der Waals surface area contributed by atoms with E-state index in [-0.39, 0.29) is 11.9 Å². The van der Waals surface area contributed by atoms with Crippen LogP contribution in [-0.4, -0.2) is 21.9 Å². The molecule has 0 bridgehead atoms. The van der Waals surface area contributed by atoms with E-state index >= 15 is 0 Å². The van der Waals surface area contributed by atoms with Crippen molar-refractivity contribution in [3.05, 3.63) is 18.1 Å². The molecular weight excluding hydrogens is 168 g/mol. The Balaban J connectivity index is 2.98. The zero-order valence-electron chi connectivity index (χ0n) is 7.94. The SMILES string of the molecule is CC(=O)c1cncnc1OC(C)C. The molecule has 0 amide bonds. The summed E-state index contributed by atoms with van der Waals surface area (Å²) in [5.74, 6) is 0.272. The lowest BCUT2D eigenvalue weighted by Gasteiger charge is -2.10. The first-order valence-electron chi connectivity index (χ1n) is 4.09. The molecule has 1 rings (SSSR count). The Morgan fingerprint density at radius 1 is 1.54 bits per heavy atom. The second kappa shape index (κ2) is 3.98. The summed E-state index contributed by atoms with van der Waals surface area (Å²) in [4.78, 5) is 18.7. The summed E-state index contributed by atoms with van der Waals surface area (Å²) in [7, 11) is 0. The molecule has 4 nitrogen and oxygen atoms in total. The van der Waals surface area contributed by atoms with E-state index in [9.17, 15) is 4.79 Å². The van der Waals surface area contributed by atoms with Crippen LogP contribution in [0.15, 0.2) is 12.5 Å². The maximum atomic E-state index is 11.1. The summed E-state index contributed by atoms with van der Waals surface area (Å²) in [6.07, 6.45) is 2.84. The van der Waals surface area contributed by atoms with Crippen LogP contribution in [0.25, 0.3) is 0 Å². The highest BCUT2D eigenvalue weighted by Gasteiger charge is 2.10. The molecule has 70 valence electrons. The highest BCUT2D eigenvalue weighted by atomic mass is 16.5. The summed E-state index contributed by atoms with van der Waals surface area (Å²) in [5, 5.41) is 0. The number of rotatable bonds is 3. The lowest BCUT2D eigenvalue weighted by molar-refractivity contribution is 0.101. The molecule has 13 heavy (non-hydrogen) atoms. The van der Waals surface area contributed by atoms with Gasteiger partial charge in [-0.1, -0.05) is 0 Å². The second-order valence-electron chi connectivity index (χ2n) is 2.96. The van der Waals surface area contributed by atoms with Gasteiger partial charge >= 0.3 is 0 Å². The third-order valence-corrected chi connectivity index (χ3v) is 1.40. The first-order valence-corrected chi connectivity index (χ1v) is 4.09. The summed E-state index contributed by atoms with van der Waals surface area (Å²) < 4.78 is 5.33. The molecular formula is C9H12N2O2. The standard InChI is InChI=1S/C9H12N2O2/c1-6(2)13-9-8(7(3)12)4-10-5-11-9/h4-6H,1-3H3. The van der Waals surface area contributed by atoms with E-state index < -0.39 is 0 Å². The van der Waals surface area contributed by atoms with Gasteiger partial charge in [-0.2, -0.15) is 0 Å². The molecule has 1 heterocycles. The number of hydrogen-bond acceptors (Lipinski definition) is 4. The first-order chi connectivity index (χ1) is 6.11. The Kier molecular flexibility index (Phi) is 2.95. The number of aromatic nitrogens is 2. The van der Waals surface area contributed by atoms with Gasteiger partial charge in [0, 0.05) is 6.20 Å². The number of hydrogen-bond donors (Lipinski definition) is 0. The van der Waals surface area contributed by atoms with Crippen molar-refractivity contribution in [3.63, 3.8) is 0 Å². The van der Waals surface area contributed by atoms with Gasteiger partial charge < -0.3 is 4.74 Å². The molecule has 0 radical (unpaired) electrons. The maximum Gasteiger partial charge on any atom is 0.227 e. The fraction of sp³-hybridized carbons (Fsp3) is 0.444. The fourth-order valence-corrected chi connectivity index (χ4v) is 0.877. The molecule has 4 heteroatoms. The summed E-state index contributed by atoms with van der Waals surface area (Å²) >= 11 is 0. The van der Waals surface area contributed by atoms with Crippen molar-refractivity contribution in [1.82, 2.24) is 9.97 Å². The topological polar surface area (TPSA) is 52.1 Å². The lowest BCUT2D eigenvalue weighted by Crippen LogP contribution is -2.10. The summed E-state index contributed by atoms with van der Waals surface area (Å²) in [5.41, 5.74) is 0.427. The third kappa shape index (κ3) is 2.50. The molecule has 0 aliphatic carbocycles. The smallest absolute Gasteiger partial charge is 0.227 e. The van der Waals surface area contributed by atoms with Gasteiger partial charge in [0.25, 0.3) is 0 Å². The number of carbonyl (C=O) groups is 1. The first kappa shape index (κ1) is 9.64. The van der Waals surface area contributed by atoms with E-state index in [4.69, 9.17) is 4.74 Å². The van der Waals surface area contributed by atoms with E-state index in [2.05, 4.69) is 9.97 Å². The van der Waals surface area contributed by atoms with Gasteiger partial charge in [0.1, 0.15) is 6.33 Å². The molecule has 1 aromatic heterocycles. The predicted octanol–water partition coefficient (Wildman–Crippen LogP) is 1.47. The van der Waals surface area contributed by atoms with Crippen molar-refractivity contribution in [2.24, 2.45) is 0 Å². The van der Waals surface area contributed by atoms with Crippen molar-refractivity contribution in [3.8, 4) is 5.88 Å². The van der Waals surface area contributed by atoms with E-state index in [1.165, 1.54) is 19.4 Å². The molecule has 0 saturated heterocycles. The van der Waals surface area contributed by atoms with Gasteiger partial charge in [-0.3, -0.25) is 4.79 Å². The monoisotopic (exact) mass is 180 g/mol. The van der Waals surface area contributed by atoms with E-state index in [0.29, 0.717) is 11.4 Å². The fourth-order valence-electron chi connectivity index (χ4n) is 0.877. The van der Waals surface area contributed by atoms with Gasteiger partial charge in [-0.25, -0.2) is 9.97 Å². The Morgan fingerprint density at radius 2 is 2.23 bits per heavy atom. The van der Waals surface area contributed by atoms with Gasteiger partial charge in [-0.15, -0.1) is 0 Å². The molecule has 0 unspecified atom stereocenters. The number of nitrogens with zero attached hydrogens (tertiary/aromatic N) is 2. The molecule has 0 fully saturated rings. The molecule has 0 N–H and O–H groups in total. The number of Topliss-reactive ketones (excluding diaryl/α,β-unsaturated/α-hetero) is 1. The molecule has 0 aliphatic rings. The minimum Gasteiger partial charge on any atom is -0.474 e. The highest BCUT2D eigenvalue weighted by molar-refractivity contribution is 5.95. The van der Waals surface area contributed by atoms with Gasteiger partial charge in [0.2, 0.25) is 5.88 Å². The summed E-state index contributed by atoms with van der Waals surface area (Å²) in [6.45, 7) is 5.23. The number of ketones is 1. The van der Waals surface area contributed by atoms with Crippen LogP contribution in [0.5, 0.6) is 5.88 Å². The van der Waals surface area contributed by atoms with Crippen LogP contribution in [0.3, 0.4) is 0 Å². The average Bonchev–Trinajstić information content (AvgIpc) is 2.03. The largest absolute Gasteiger partial charge is 0.474 e. The van der Waals surface area contributed by atoms with Crippen LogP contribution >= 0.6 is 0 Å². The van der Waals surface area contributed by atoms with Crippen LogP contribution in [0.1, 0.15) is 31.1 Å². The Hall–Kier alpha value is -1.45. The summed E-state index contributed by atoms with van der Waals surface area (Å²) in [6, 6.07) is 0. The van der Waals surface area contributed by atoms with Gasteiger partial charge in [-0.05, 0) is 20.8 Å². The van der Waals surface area contributed by atoms with Crippen molar-refractivity contribution in [2.45, 2.75) is 26.9 Å². The van der Waals surface area contributed by atoms with Crippen LogP contribution in [0.4, 0.5) is 0 Å². The van der Waals surface area contributed by atoms with Crippen LogP contribution in [-0.2, 0) is 0 Å². The van der Waals surface area contributed by atoms with Crippen molar-refractivity contribution < 1.29 is 9.53 Å². The van der Waals surface area contributed by atoms with Crippen LogP contribution in [0, 0.1) is 0 Å². The Morgan fingerprint density at radius 3 is 2.77 bits per heavy atom. The molecule has 0 aliphatic heterocycles. The molecule has 0 saturated carbocycles. The number of ether oxygens (including phenoxy) is 1. The minimum atomic E-state index is -0.0868. The zero-order chi connectivity index (χ0) is 9.84. The Bertz CT molecular complexity index is 310. The molecule has 0 aromatic carbocycles. The lowest BCUT2D eigenvalue weighted by atomic mass is 10.2. The van der Waals surface area contributed by atoms with Crippen molar-refractivity contribution in [1.29, 1.82) is 0 Å². The molecule has 0 atom stereocenters. The molecule has 0 spiro atoms. The van der Waals surface area contributed by atoms with E-state index in [0.717, 1.165) is 0 Å². The van der Waals surface area contributed by atoms with E-state index in [1.807, 2.05) is 13.8 Å². The zero-order valence-corrected chi connectivity index (χ0v) is 7.94. The highest BCUT2D eigenvalue weighted by Crippen LogP contribution is 2.14. The van der Waals surface area contributed by atoms with Crippen molar-refractivity contribution in [2.75, 3.05) is 0 Å². The predicted molar refractivity (Wildman–Crippen MR) is 47.8 cm³/mol.